The summed E-state index contributed by atoms with van der Waals surface area (Å²) in [5.41, 5.74) is 1.83. The van der Waals surface area contributed by atoms with Crippen molar-refractivity contribution in [2.75, 3.05) is 7.05 Å². The van der Waals surface area contributed by atoms with Gasteiger partial charge in [0.15, 0.2) is 0 Å². The molecule has 3 rings (SSSR count). The van der Waals surface area contributed by atoms with Gasteiger partial charge in [-0.25, -0.2) is 4.98 Å². The molecule has 1 aromatic heterocycles. The second-order valence-corrected chi connectivity index (χ2v) is 6.52. The van der Waals surface area contributed by atoms with Gasteiger partial charge < -0.3 is 15.0 Å². The van der Waals surface area contributed by atoms with Gasteiger partial charge in [-0.15, -0.1) is 0 Å². The molecule has 2 N–H and O–H groups in total. The van der Waals surface area contributed by atoms with Gasteiger partial charge in [0.25, 0.3) is 0 Å². The van der Waals surface area contributed by atoms with E-state index in [2.05, 4.69) is 16.8 Å². The summed E-state index contributed by atoms with van der Waals surface area (Å²) in [4.78, 5) is 16.4. The Morgan fingerprint density at radius 3 is 2.86 bits per heavy atom. The van der Waals surface area contributed by atoms with Gasteiger partial charge in [0.2, 0.25) is 0 Å². The quantitative estimate of drug-likeness (QED) is 0.896. The highest BCUT2D eigenvalue weighted by Gasteiger charge is 2.43. The highest BCUT2D eigenvalue weighted by molar-refractivity contribution is 5.79. The zero-order valence-corrected chi connectivity index (χ0v) is 13.0. The maximum absolute atomic E-state index is 11.7. The number of aromatic nitrogens is 2. The highest BCUT2D eigenvalue weighted by atomic mass is 16.4. The lowest BCUT2D eigenvalue weighted by Crippen LogP contribution is -2.53. The van der Waals surface area contributed by atoms with Crippen molar-refractivity contribution in [1.29, 1.82) is 0 Å². The Balaban J connectivity index is 1.94. The molecule has 5 heteroatoms. The fraction of sp³-hybridized carbons (Fsp3) is 0.750. The molecule has 0 amide bonds. The normalized spacial score (nSPS) is 29.1. The molecule has 2 atom stereocenters. The molecule has 2 aliphatic rings. The zero-order chi connectivity index (χ0) is 15.0. The number of carboxylic acid groups (broad SMARTS) is 1. The summed E-state index contributed by atoms with van der Waals surface area (Å²) in [7, 11) is 1.77. The number of carbonyl (C=O) groups is 1. The van der Waals surface area contributed by atoms with Crippen LogP contribution in [0.25, 0.3) is 0 Å². The van der Waals surface area contributed by atoms with Crippen LogP contribution in [0.4, 0.5) is 0 Å². The number of fused-ring (bicyclic) bond motifs is 1. The van der Waals surface area contributed by atoms with Crippen molar-refractivity contribution < 1.29 is 9.90 Å². The lowest BCUT2D eigenvalue weighted by Gasteiger charge is -2.39. The van der Waals surface area contributed by atoms with Crippen molar-refractivity contribution in [3.05, 3.63) is 17.2 Å². The summed E-state index contributed by atoms with van der Waals surface area (Å²) >= 11 is 0. The molecule has 0 radical (unpaired) electrons. The Hall–Kier alpha value is -1.36. The summed E-state index contributed by atoms with van der Waals surface area (Å²) in [5, 5.41) is 12.7. The number of imidazole rings is 1. The smallest absolute Gasteiger partial charge is 0.323 e. The predicted octanol–water partition coefficient (Wildman–Crippen LogP) is 2.23. The van der Waals surface area contributed by atoms with Crippen LogP contribution in [-0.4, -0.2) is 33.2 Å². The Labute approximate surface area is 125 Å². The van der Waals surface area contributed by atoms with E-state index in [1.54, 1.807) is 7.05 Å². The van der Waals surface area contributed by atoms with Gasteiger partial charge in [0, 0.05) is 11.7 Å². The van der Waals surface area contributed by atoms with Gasteiger partial charge in [0.1, 0.15) is 11.4 Å². The first-order valence-corrected chi connectivity index (χ1v) is 8.06. The van der Waals surface area contributed by atoms with Gasteiger partial charge >= 0.3 is 5.97 Å². The molecule has 1 aromatic rings. The average Bonchev–Trinajstić information content (AvgIpc) is 2.82. The molecule has 0 aliphatic heterocycles. The Bertz CT molecular complexity index is 552. The lowest BCUT2D eigenvalue weighted by molar-refractivity contribution is -0.146. The number of aliphatic carboxylic acids is 1. The van der Waals surface area contributed by atoms with E-state index >= 15 is 0 Å². The van der Waals surface area contributed by atoms with E-state index < -0.39 is 11.5 Å². The van der Waals surface area contributed by atoms with Crippen LogP contribution in [-0.2, 0) is 17.6 Å². The number of nitrogens with one attached hydrogen (secondary N) is 1. The van der Waals surface area contributed by atoms with E-state index in [4.69, 9.17) is 4.98 Å². The monoisotopic (exact) mass is 291 g/mol. The van der Waals surface area contributed by atoms with Crippen molar-refractivity contribution in [2.45, 2.75) is 69.9 Å². The molecule has 1 saturated carbocycles. The van der Waals surface area contributed by atoms with Gasteiger partial charge in [-0.1, -0.05) is 0 Å². The predicted molar refractivity (Wildman–Crippen MR) is 80.5 cm³/mol. The van der Waals surface area contributed by atoms with Gasteiger partial charge in [-0.2, -0.15) is 0 Å². The topological polar surface area (TPSA) is 67.2 Å². The number of hydrogen-bond donors (Lipinski definition) is 2. The van der Waals surface area contributed by atoms with Crippen molar-refractivity contribution in [3.63, 3.8) is 0 Å². The van der Waals surface area contributed by atoms with Crippen LogP contribution in [0.1, 0.15) is 61.8 Å². The van der Waals surface area contributed by atoms with E-state index in [0.717, 1.165) is 31.5 Å². The first-order valence-electron chi connectivity index (χ1n) is 8.06. The standard InChI is InChI=1S/C16H25N3O2/c1-11-18-13-7-3-4-8-14(13)19(11)12-6-5-9-16(10-12,17-2)15(20)21/h12,17H,3-10H2,1-2H3,(H,20,21). The zero-order valence-electron chi connectivity index (χ0n) is 13.0. The molecular weight excluding hydrogens is 266 g/mol. The fourth-order valence-electron chi connectivity index (χ4n) is 4.18. The van der Waals surface area contributed by atoms with Crippen molar-refractivity contribution in [2.24, 2.45) is 0 Å². The highest BCUT2D eigenvalue weighted by Crippen LogP contribution is 2.38. The Morgan fingerprint density at radius 2 is 2.14 bits per heavy atom. The molecule has 0 bridgehead atoms. The SMILES string of the molecule is CNC1(C(=O)O)CCCC(n2c(C)nc3c2CCCC3)C1. The molecule has 116 valence electrons. The van der Waals surface area contributed by atoms with E-state index in [9.17, 15) is 9.90 Å². The second kappa shape index (κ2) is 5.44. The summed E-state index contributed by atoms with van der Waals surface area (Å²) < 4.78 is 2.35. The number of likely N-dealkylation sites (N-methyl/N-ethyl adjacent to an activating group) is 1. The second-order valence-electron chi connectivity index (χ2n) is 6.52. The summed E-state index contributed by atoms with van der Waals surface area (Å²) in [6, 6.07) is 0.261. The molecular formula is C16H25N3O2. The Morgan fingerprint density at radius 1 is 1.38 bits per heavy atom. The molecule has 21 heavy (non-hydrogen) atoms. The Kier molecular flexibility index (Phi) is 3.78. The van der Waals surface area contributed by atoms with E-state index in [-0.39, 0.29) is 6.04 Å². The number of aryl methyl sites for hydroxylation is 2. The summed E-state index contributed by atoms with van der Waals surface area (Å²) in [6.07, 6.45) is 7.99. The summed E-state index contributed by atoms with van der Waals surface area (Å²) in [6.45, 7) is 2.06. The fourth-order valence-corrected chi connectivity index (χ4v) is 4.18. The van der Waals surface area contributed by atoms with Crippen molar-refractivity contribution in [3.8, 4) is 0 Å². The van der Waals surface area contributed by atoms with E-state index in [0.29, 0.717) is 12.8 Å². The van der Waals surface area contributed by atoms with E-state index in [1.165, 1.54) is 24.2 Å². The van der Waals surface area contributed by atoms with Crippen LogP contribution in [0, 0.1) is 6.92 Å². The molecule has 2 unspecified atom stereocenters. The average molecular weight is 291 g/mol. The first-order chi connectivity index (χ1) is 10.1. The number of hydrogen-bond acceptors (Lipinski definition) is 3. The molecule has 0 spiro atoms. The maximum atomic E-state index is 11.7. The molecule has 0 saturated heterocycles. The molecule has 1 fully saturated rings. The van der Waals surface area contributed by atoms with Crippen LogP contribution in [0.15, 0.2) is 0 Å². The number of nitrogens with zero attached hydrogens (tertiary/aromatic N) is 2. The molecule has 1 heterocycles. The summed E-state index contributed by atoms with van der Waals surface area (Å²) in [5.74, 6) is 0.338. The first kappa shape index (κ1) is 14.6. The van der Waals surface area contributed by atoms with Crippen molar-refractivity contribution in [1.82, 2.24) is 14.9 Å². The molecule has 5 nitrogen and oxygen atoms in total. The van der Waals surface area contributed by atoms with Gasteiger partial charge in [-0.3, -0.25) is 4.79 Å². The minimum Gasteiger partial charge on any atom is -0.480 e. The van der Waals surface area contributed by atoms with Crippen LogP contribution in [0.5, 0.6) is 0 Å². The molecule has 0 aromatic carbocycles. The largest absolute Gasteiger partial charge is 0.480 e. The minimum atomic E-state index is -0.777. The van der Waals surface area contributed by atoms with Crippen LogP contribution < -0.4 is 5.32 Å². The van der Waals surface area contributed by atoms with Gasteiger partial charge in [0.05, 0.1) is 5.69 Å². The van der Waals surface area contributed by atoms with Crippen LogP contribution >= 0.6 is 0 Å². The van der Waals surface area contributed by atoms with Crippen molar-refractivity contribution >= 4 is 5.97 Å². The molecule has 2 aliphatic carbocycles. The van der Waals surface area contributed by atoms with Gasteiger partial charge in [-0.05, 0) is 65.3 Å². The van der Waals surface area contributed by atoms with Crippen LogP contribution in [0.2, 0.25) is 0 Å². The third-order valence-electron chi connectivity index (χ3n) is 5.32. The third kappa shape index (κ3) is 2.37. The maximum Gasteiger partial charge on any atom is 0.323 e. The number of rotatable bonds is 3. The van der Waals surface area contributed by atoms with E-state index in [1.807, 2.05) is 0 Å². The lowest BCUT2D eigenvalue weighted by atomic mass is 9.78. The minimum absolute atomic E-state index is 0.261. The third-order valence-corrected chi connectivity index (χ3v) is 5.32. The van der Waals surface area contributed by atoms with Crippen LogP contribution in [0.3, 0.4) is 0 Å². The number of carboxylic acids is 1.